The van der Waals surface area contributed by atoms with Crippen LogP contribution >= 0.6 is 22.9 Å². The molecule has 0 unspecified atom stereocenters. The number of amides is 1. The Morgan fingerprint density at radius 2 is 1.96 bits per heavy atom. The number of halogens is 1. The van der Waals surface area contributed by atoms with Gasteiger partial charge in [-0.1, -0.05) is 37.6 Å². The van der Waals surface area contributed by atoms with E-state index in [0.29, 0.717) is 16.0 Å². The molecular weight excluding hydrogens is 368 g/mol. The molecule has 3 rings (SSSR count). The molecule has 26 heavy (non-hydrogen) atoms. The van der Waals surface area contributed by atoms with E-state index >= 15 is 0 Å². The fraction of sp³-hybridized carbons (Fsp3) is 0.316. The molecule has 0 saturated carbocycles. The Balaban J connectivity index is 1.88. The van der Waals surface area contributed by atoms with Crippen LogP contribution in [-0.4, -0.2) is 20.7 Å². The lowest BCUT2D eigenvalue weighted by Gasteiger charge is -2.12. The summed E-state index contributed by atoms with van der Waals surface area (Å²) in [5.41, 5.74) is 2.67. The topological polar surface area (TPSA) is 59.8 Å². The summed E-state index contributed by atoms with van der Waals surface area (Å²) in [5.74, 6) is 0.668. The molecule has 1 amide bonds. The van der Waals surface area contributed by atoms with Crippen molar-refractivity contribution < 1.29 is 4.79 Å². The first-order valence-electron chi connectivity index (χ1n) is 8.61. The zero-order valence-corrected chi connectivity index (χ0v) is 16.6. The van der Waals surface area contributed by atoms with E-state index in [-0.39, 0.29) is 11.8 Å². The molecule has 7 heteroatoms. The fourth-order valence-electron chi connectivity index (χ4n) is 2.74. The molecule has 0 spiro atoms. The monoisotopic (exact) mass is 388 g/mol. The Morgan fingerprint density at radius 1 is 1.27 bits per heavy atom. The van der Waals surface area contributed by atoms with Crippen molar-refractivity contribution in [3.8, 4) is 16.4 Å². The third-order valence-electron chi connectivity index (χ3n) is 4.25. The second-order valence-electron chi connectivity index (χ2n) is 6.11. The Morgan fingerprint density at radius 3 is 2.62 bits per heavy atom. The van der Waals surface area contributed by atoms with Crippen LogP contribution in [0.1, 0.15) is 32.4 Å². The largest absolute Gasteiger partial charge is 0.310 e. The van der Waals surface area contributed by atoms with Crippen molar-refractivity contribution in [3.63, 3.8) is 0 Å². The molecule has 0 bridgehead atoms. The number of nitrogens with zero attached hydrogens (tertiary/aromatic N) is 3. The van der Waals surface area contributed by atoms with Gasteiger partial charge in [-0.05, 0) is 31.9 Å². The van der Waals surface area contributed by atoms with E-state index in [0.717, 1.165) is 29.8 Å². The van der Waals surface area contributed by atoms with Gasteiger partial charge in [0.1, 0.15) is 5.82 Å². The first kappa shape index (κ1) is 18.6. The summed E-state index contributed by atoms with van der Waals surface area (Å²) in [4.78, 5) is 17.1. The number of hydrogen-bond acceptors (Lipinski definition) is 4. The number of hydrogen-bond donors (Lipinski definition) is 1. The summed E-state index contributed by atoms with van der Waals surface area (Å²) >= 11 is 7.43. The van der Waals surface area contributed by atoms with E-state index < -0.39 is 0 Å². The van der Waals surface area contributed by atoms with Crippen molar-refractivity contribution in [3.05, 3.63) is 46.4 Å². The normalized spacial score (nSPS) is 11.1. The van der Waals surface area contributed by atoms with Crippen LogP contribution in [0.15, 0.2) is 35.7 Å². The maximum absolute atomic E-state index is 12.4. The molecule has 0 saturated heterocycles. The highest BCUT2D eigenvalue weighted by Crippen LogP contribution is 2.27. The van der Waals surface area contributed by atoms with Crippen molar-refractivity contribution >= 4 is 34.7 Å². The van der Waals surface area contributed by atoms with Crippen LogP contribution < -0.4 is 5.32 Å². The highest BCUT2D eigenvalue weighted by Gasteiger charge is 2.18. The summed E-state index contributed by atoms with van der Waals surface area (Å²) in [6.07, 6.45) is 1.63. The molecule has 0 aliphatic heterocycles. The third-order valence-corrected chi connectivity index (χ3v) is 5.32. The standard InChI is InChI=1S/C19H21ClN4OS/c1-4-13(5-2)18(25)22-17-10-12(3)23-24(17)19-21-16(11-26-19)14-6-8-15(20)9-7-14/h6-11,13H,4-5H2,1-3H3,(H,22,25). The minimum Gasteiger partial charge on any atom is -0.310 e. The van der Waals surface area contributed by atoms with Crippen molar-refractivity contribution in [2.24, 2.45) is 5.92 Å². The summed E-state index contributed by atoms with van der Waals surface area (Å²) in [6, 6.07) is 9.42. The molecule has 1 aromatic carbocycles. The third kappa shape index (κ3) is 3.97. The average Bonchev–Trinajstić information content (AvgIpc) is 3.23. The van der Waals surface area contributed by atoms with Crippen LogP contribution in [0.4, 0.5) is 5.82 Å². The maximum atomic E-state index is 12.4. The van der Waals surface area contributed by atoms with Crippen molar-refractivity contribution in [1.82, 2.24) is 14.8 Å². The lowest BCUT2D eigenvalue weighted by atomic mass is 10.0. The highest BCUT2D eigenvalue weighted by atomic mass is 35.5. The molecule has 0 fully saturated rings. The highest BCUT2D eigenvalue weighted by molar-refractivity contribution is 7.12. The van der Waals surface area contributed by atoms with Crippen LogP contribution in [-0.2, 0) is 4.79 Å². The van der Waals surface area contributed by atoms with E-state index in [9.17, 15) is 4.79 Å². The molecule has 3 aromatic rings. The lowest BCUT2D eigenvalue weighted by molar-refractivity contribution is -0.120. The first-order chi connectivity index (χ1) is 12.5. The molecular formula is C19H21ClN4OS. The van der Waals surface area contributed by atoms with E-state index in [1.165, 1.54) is 11.3 Å². The zero-order valence-electron chi connectivity index (χ0n) is 15.0. The number of aromatic nitrogens is 3. The van der Waals surface area contributed by atoms with Gasteiger partial charge in [0.15, 0.2) is 0 Å². The molecule has 1 N–H and O–H groups in total. The van der Waals surface area contributed by atoms with Gasteiger partial charge in [0.2, 0.25) is 11.0 Å². The second-order valence-corrected chi connectivity index (χ2v) is 7.38. The molecule has 0 atom stereocenters. The number of carbonyl (C=O) groups is 1. The lowest BCUT2D eigenvalue weighted by Crippen LogP contribution is -2.23. The Bertz CT molecular complexity index is 897. The van der Waals surface area contributed by atoms with Gasteiger partial charge in [-0.15, -0.1) is 11.3 Å². The molecule has 0 aliphatic carbocycles. The zero-order chi connectivity index (χ0) is 18.7. The number of carbonyl (C=O) groups excluding carboxylic acids is 1. The van der Waals surface area contributed by atoms with Crippen LogP contribution in [0.2, 0.25) is 5.02 Å². The van der Waals surface area contributed by atoms with Crippen molar-refractivity contribution in [1.29, 1.82) is 0 Å². The predicted molar refractivity (Wildman–Crippen MR) is 107 cm³/mol. The van der Waals surface area contributed by atoms with Gasteiger partial charge in [-0.3, -0.25) is 4.79 Å². The van der Waals surface area contributed by atoms with E-state index in [4.69, 9.17) is 11.6 Å². The Kier molecular flexibility index (Phi) is 5.74. The SMILES string of the molecule is CCC(CC)C(=O)Nc1cc(C)nn1-c1nc(-c2ccc(Cl)cc2)cs1. The molecule has 2 aromatic heterocycles. The summed E-state index contributed by atoms with van der Waals surface area (Å²) in [7, 11) is 0. The van der Waals surface area contributed by atoms with Crippen LogP contribution in [0.5, 0.6) is 0 Å². The predicted octanol–water partition coefficient (Wildman–Crippen LogP) is 5.33. The minimum atomic E-state index is -0.000390. The minimum absolute atomic E-state index is 0.000390. The Labute approximate surface area is 162 Å². The smallest absolute Gasteiger partial charge is 0.228 e. The number of nitrogens with one attached hydrogen (secondary N) is 1. The number of rotatable bonds is 6. The van der Waals surface area contributed by atoms with Crippen molar-refractivity contribution in [2.75, 3.05) is 5.32 Å². The van der Waals surface area contributed by atoms with Gasteiger partial charge in [-0.2, -0.15) is 9.78 Å². The van der Waals surface area contributed by atoms with E-state index in [1.807, 2.05) is 56.5 Å². The average molecular weight is 389 g/mol. The van der Waals surface area contributed by atoms with E-state index in [2.05, 4.69) is 15.4 Å². The second kappa shape index (κ2) is 8.01. The molecule has 136 valence electrons. The molecule has 0 radical (unpaired) electrons. The van der Waals surface area contributed by atoms with E-state index in [1.54, 1.807) is 4.68 Å². The first-order valence-corrected chi connectivity index (χ1v) is 9.87. The maximum Gasteiger partial charge on any atom is 0.228 e. The summed E-state index contributed by atoms with van der Waals surface area (Å²) < 4.78 is 1.69. The van der Waals surface area contributed by atoms with Gasteiger partial charge >= 0.3 is 0 Å². The number of thiazole rings is 1. The van der Waals surface area contributed by atoms with Gasteiger partial charge in [0, 0.05) is 28.0 Å². The van der Waals surface area contributed by atoms with Crippen molar-refractivity contribution in [2.45, 2.75) is 33.6 Å². The van der Waals surface area contributed by atoms with Gasteiger partial charge in [-0.25, -0.2) is 4.98 Å². The quantitative estimate of drug-likeness (QED) is 0.620. The van der Waals surface area contributed by atoms with Gasteiger partial charge in [0.05, 0.1) is 11.4 Å². The van der Waals surface area contributed by atoms with Crippen LogP contribution in [0.25, 0.3) is 16.4 Å². The van der Waals surface area contributed by atoms with Crippen LogP contribution in [0, 0.1) is 12.8 Å². The molecule has 0 aliphatic rings. The summed E-state index contributed by atoms with van der Waals surface area (Å²) in [5, 5.41) is 10.9. The summed E-state index contributed by atoms with van der Waals surface area (Å²) in [6.45, 7) is 5.95. The number of anilines is 1. The molecule has 2 heterocycles. The number of aryl methyl sites for hydroxylation is 1. The molecule has 5 nitrogen and oxygen atoms in total. The number of benzene rings is 1. The fourth-order valence-corrected chi connectivity index (χ4v) is 3.66. The van der Waals surface area contributed by atoms with Gasteiger partial charge in [0.25, 0.3) is 0 Å². The Hall–Kier alpha value is -2.18. The van der Waals surface area contributed by atoms with Gasteiger partial charge < -0.3 is 5.32 Å². The van der Waals surface area contributed by atoms with Crippen LogP contribution in [0.3, 0.4) is 0 Å².